The molecule has 0 fully saturated rings. The first kappa shape index (κ1) is 79.8. The van der Waals surface area contributed by atoms with Gasteiger partial charge in [0.2, 0.25) is 5.71 Å². The maximum atomic E-state index is 6.51. The predicted octanol–water partition coefficient (Wildman–Crippen LogP) is 34.7. The van der Waals surface area contributed by atoms with Crippen molar-refractivity contribution in [1.82, 2.24) is 43.6 Å². The largest absolute Gasteiger partial charge is 0.437 e. The zero-order valence-electron chi connectivity index (χ0n) is 77.0. The summed E-state index contributed by atoms with van der Waals surface area (Å²) in [5, 5.41) is 23.6. The van der Waals surface area contributed by atoms with Crippen LogP contribution in [0.15, 0.2) is 447 Å². The second-order valence-corrected chi connectivity index (χ2v) is 39.2. The second-order valence-electron chi connectivity index (χ2n) is 38.2. The highest BCUT2D eigenvalue weighted by atomic mass is 32.1. The fourth-order valence-corrected chi connectivity index (χ4v) is 24.7. The third-order valence-electron chi connectivity index (χ3n) is 30.0. The van der Waals surface area contributed by atoms with Crippen molar-refractivity contribution in [3.63, 3.8) is 0 Å². The SMILES string of the molecule is CC1(C)c2ccccc2-c2c(-n3c4ccccc4c4cc5ccccc5cc43)nc(-c3cc(-c4ccccc4)cc(-c4ccccc4)c3)nc21.c1ccc2c(c1)-c1cccc3c(-c4nc(-n5c6ccccc6c6cc7ccccc7cc65)c5c(n4)oc4ccccc45)ccc-2c13.c1ccc2c(c1)-c1cccc3c(-c4nc(-n5c6ccccc6c6cc7ccccc7cc65)c5c(n4)sc4ccccc45)ccc-2c13. The Balaban J connectivity index is 0.0000000997. The highest BCUT2D eigenvalue weighted by molar-refractivity contribution is 7.25. The Kier molecular flexibility index (Phi) is 17.3. The van der Waals surface area contributed by atoms with Crippen LogP contribution < -0.4 is 0 Å². The van der Waals surface area contributed by atoms with Crippen LogP contribution in [0.5, 0.6) is 0 Å². The third-order valence-corrected chi connectivity index (χ3v) is 31.1. The van der Waals surface area contributed by atoms with Crippen LogP contribution in [0.2, 0.25) is 0 Å². The van der Waals surface area contributed by atoms with Gasteiger partial charge in [-0.25, -0.2) is 24.9 Å². The first-order valence-electron chi connectivity index (χ1n) is 48.4. The van der Waals surface area contributed by atoms with E-state index in [4.69, 9.17) is 34.3 Å². The van der Waals surface area contributed by atoms with E-state index in [9.17, 15) is 0 Å². The Morgan fingerprint density at radius 1 is 0.225 bits per heavy atom. The van der Waals surface area contributed by atoms with Crippen LogP contribution in [0.25, 0.3) is 291 Å². The number of thiophene rings is 1. The summed E-state index contributed by atoms with van der Waals surface area (Å²) in [6.07, 6.45) is 0. The molecule has 8 heterocycles. The molecule has 142 heavy (non-hydrogen) atoms. The summed E-state index contributed by atoms with van der Waals surface area (Å²) < 4.78 is 14.8. The summed E-state index contributed by atoms with van der Waals surface area (Å²) in [5.41, 5.74) is 30.3. The molecule has 0 unspecified atom stereocenters. The van der Waals surface area contributed by atoms with Gasteiger partial charge in [-0.1, -0.05) is 360 Å². The fraction of sp³-hybridized carbons (Fsp3) is 0.0229. The van der Waals surface area contributed by atoms with E-state index in [1.165, 1.54) is 147 Å². The van der Waals surface area contributed by atoms with Crippen LogP contribution in [0.4, 0.5) is 0 Å². The lowest BCUT2D eigenvalue weighted by Gasteiger charge is -2.22. The van der Waals surface area contributed by atoms with Crippen LogP contribution in [0.1, 0.15) is 25.1 Å². The molecule has 29 aromatic rings. The third kappa shape index (κ3) is 12.0. The molecule has 0 atom stereocenters. The molecule has 0 amide bonds. The van der Waals surface area contributed by atoms with E-state index in [1.807, 2.05) is 12.1 Å². The van der Waals surface area contributed by atoms with Crippen LogP contribution in [0.3, 0.4) is 0 Å². The van der Waals surface area contributed by atoms with Crippen molar-refractivity contribution in [1.29, 1.82) is 0 Å². The minimum Gasteiger partial charge on any atom is -0.437 e. The first-order chi connectivity index (χ1) is 70.2. The topological polar surface area (TPSA) is 105 Å². The lowest BCUT2D eigenvalue weighted by molar-refractivity contribution is 0.635. The molecule has 32 rings (SSSR count). The molecule has 660 valence electrons. The van der Waals surface area contributed by atoms with E-state index in [2.05, 4.69) is 458 Å². The van der Waals surface area contributed by atoms with Gasteiger partial charge in [-0.3, -0.25) is 13.7 Å². The molecular weight excluding hydrogens is 1750 g/mol. The van der Waals surface area contributed by atoms with Gasteiger partial charge in [0.05, 0.1) is 49.6 Å². The van der Waals surface area contributed by atoms with E-state index in [-0.39, 0.29) is 5.41 Å². The molecule has 0 saturated carbocycles. The molecule has 0 bridgehead atoms. The zero-order valence-corrected chi connectivity index (χ0v) is 77.8. The molecule has 0 aliphatic heterocycles. The van der Waals surface area contributed by atoms with Crippen LogP contribution >= 0.6 is 11.3 Å². The average Bonchev–Trinajstić information content (AvgIpc) is 1.55. The first-order valence-corrected chi connectivity index (χ1v) is 49.3. The Morgan fingerprint density at radius 3 is 1.10 bits per heavy atom. The van der Waals surface area contributed by atoms with Gasteiger partial charge in [-0.05, 0) is 229 Å². The molecule has 21 aromatic carbocycles. The van der Waals surface area contributed by atoms with Crippen LogP contribution in [0, 0.1) is 0 Å². The smallest absolute Gasteiger partial charge is 0.233 e. The number of rotatable bonds is 8. The Hall–Kier alpha value is -18.4. The molecule has 11 heteroatoms. The van der Waals surface area contributed by atoms with Crippen LogP contribution in [-0.4, -0.2) is 43.6 Å². The molecule has 3 aliphatic rings. The van der Waals surface area contributed by atoms with Gasteiger partial charge in [-0.2, -0.15) is 4.98 Å². The van der Waals surface area contributed by atoms with Crippen molar-refractivity contribution < 1.29 is 4.42 Å². The molecule has 10 nitrogen and oxygen atoms in total. The monoisotopic (exact) mass is 1830 g/mol. The molecule has 0 radical (unpaired) electrons. The summed E-state index contributed by atoms with van der Waals surface area (Å²) in [5.74, 6) is 4.77. The van der Waals surface area contributed by atoms with Crippen molar-refractivity contribution >= 4 is 173 Å². The highest BCUT2D eigenvalue weighted by Gasteiger charge is 2.41. The Morgan fingerprint density at radius 2 is 0.592 bits per heavy atom. The lowest BCUT2D eigenvalue weighted by Crippen LogP contribution is -2.18. The van der Waals surface area contributed by atoms with Crippen molar-refractivity contribution in [3.05, 3.63) is 454 Å². The maximum Gasteiger partial charge on any atom is 0.233 e. The number of benzene rings is 21. The van der Waals surface area contributed by atoms with Crippen molar-refractivity contribution in [2.45, 2.75) is 19.3 Å². The zero-order chi connectivity index (χ0) is 93.3. The van der Waals surface area contributed by atoms with Gasteiger partial charge in [-0.15, -0.1) is 11.3 Å². The summed E-state index contributed by atoms with van der Waals surface area (Å²) in [6.45, 7) is 4.60. The van der Waals surface area contributed by atoms with Gasteiger partial charge in [0.1, 0.15) is 16.2 Å². The summed E-state index contributed by atoms with van der Waals surface area (Å²) >= 11 is 1.74. The fourth-order valence-electron chi connectivity index (χ4n) is 23.6. The Bertz CT molecular complexity index is 10000. The van der Waals surface area contributed by atoms with E-state index in [0.717, 1.165) is 144 Å². The average molecular weight is 1830 g/mol. The lowest BCUT2D eigenvalue weighted by atomic mass is 9.85. The standard InChI is InChI=1S/C47H33N3.C42H23N3O.C42H23N3S/c1-47(2)40-23-13-11-22-38(40)43-44(47)48-45(36-26-34(30-15-5-3-6-16-30)25-35(27-36)31-17-7-4-8-18-31)49-46(43)50-41-24-14-12-21-37(41)39-28-32-19-9-10-20-33(32)29-42(39)50;2*1-2-11-25-23-36-34(22-24(25)10-1)28-14-5-7-18-35(28)45(36)41-39-33-15-6-8-19-37(33)46-42(39)44-40(43-41)32-21-20-31-27-13-4-3-12-26(27)29-16-9-17-30(32)38(29)31/h3-29H,1-2H3;2*1-23H. The summed E-state index contributed by atoms with van der Waals surface area (Å²) in [7, 11) is 0. The second kappa shape index (κ2) is 30.8. The number of fused-ring (bicyclic) bond motifs is 27. The number of hydrogen-bond acceptors (Lipinski definition) is 8. The highest BCUT2D eigenvalue weighted by Crippen LogP contribution is 2.56. The quantitative estimate of drug-likeness (QED) is 0.149. The minimum atomic E-state index is -0.316. The molecular formula is C131H79N9OS. The van der Waals surface area contributed by atoms with E-state index >= 15 is 0 Å². The molecule has 0 saturated heterocycles. The summed E-state index contributed by atoms with van der Waals surface area (Å²) in [6, 6.07) is 159. The van der Waals surface area contributed by atoms with Crippen molar-refractivity contribution in [2.24, 2.45) is 0 Å². The van der Waals surface area contributed by atoms with E-state index in [0.29, 0.717) is 11.5 Å². The normalized spacial score (nSPS) is 12.6. The maximum absolute atomic E-state index is 6.51. The van der Waals surface area contributed by atoms with Gasteiger partial charge >= 0.3 is 0 Å². The number of para-hydroxylation sites is 4. The van der Waals surface area contributed by atoms with Crippen molar-refractivity contribution in [3.8, 4) is 130 Å². The molecule has 0 N–H and O–H groups in total. The minimum absolute atomic E-state index is 0.316. The molecule has 3 aliphatic carbocycles. The summed E-state index contributed by atoms with van der Waals surface area (Å²) in [4.78, 5) is 33.7. The van der Waals surface area contributed by atoms with Gasteiger partial charge in [0.25, 0.3) is 0 Å². The van der Waals surface area contributed by atoms with Gasteiger partial charge in [0.15, 0.2) is 29.1 Å². The van der Waals surface area contributed by atoms with Crippen molar-refractivity contribution in [2.75, 3.05) is 0 Å². The van der Waals surface area contributed by atoms with Crippen LogP contribution in [-0.2, 0) is 5.41 Å². The Labute approximate surface area is 817 Å². The van der Waals surface area contributed by atoms with E-state index in [1.54, 1.807) is 11.3 Å². The van der Waals surface area contributed by atoms with Gasteiger partial charge < -0.3 is 4.42 Å². The molecule has 0 spiro atoms. The number of nitrogens with zero attached hydrogens (tertiary/aromatic N) is 9. The van der Waals surface area contributed by atoms with E-state index < -0.39 is 0 Å². The number of hydrogen-bond donors (Lipinski definition) is 0. The number of furan rings is 1. The molecule has 8 aromatic heterocycles. The van der Waals surface area contributed by atoms with Gasteiger partial charge in [0, 0.05) is 75.5 Å². The predicted molar refractivity (Wildman–Crippen MR) is 590 cm³/mol. The number of aromatic nitrogens is 9.